The summed E-state index contributed by atoms with van der Waals surface area (Å²) in [6.07, 6.45) is 1.85. The second kappa shape index (κ2) is 8.89. The highest BCUT2D eigenvalue weighted by atomic mass is 32.1. The molecule has 0 aliphatic carbocycles. The van der Waals surface area contributed by atoms with Gasteiger partial charge in [0, 0.05) is 28.1 Å². The molecule has 0 radical (unpaired) electrons. The summed E-state index contributed by atoms with van der Waals surface area (Å²) in [4.78, 5) is 4.66. The van der Waals surface area contributed by atoms with E-state index in [1.54, 1.807) is 0 Å². The van der Waals surface area contributed by atoms with Gasteiger partial charge in [0.1, 0.15) is 18.1 Å². The van der Waals surface area contributed by atoms with E-state index in [4.69, 9.17) is 4.74 Å². The molecular weight excluding hydrogens is 414 g/mol. The molecule has 0 aliphatic rings. The van der Waals surface area contributed by atoms with Crippen molar-refractivity contribution < 1.29 is 4.74 Å². The summed E-state index contributed by atoms with van der Waals surface area (Å²) in [5.41, 5.74) is 7.65. The number of benzene rings is 3. The first-order valence-corrected chi connectivity index (χ1v) is 11.5. The Hall–Kier alpha value is -3.57. The zero-order valence-corrected chi connectivity index (χ0v) is 18.8. The molecule has 0 fully saturated rings. The summed E-state index contributed by atoms with van der Waals surface area (Å²) < 4.78 is 10.1. The van der Waals surface area contributed by atoms with E-state index < -0.39 is 0 Å². The van der Waals surface area contributed by atoms with Gasteiger partial charge in [-0.05, 0) is 64.5 Å². The quantitative estimate of drug-likeness (QED) is 0.284. The van der Waals surface area contributed by atoms with E-state index in [1.165, 1.54) is 17.1 Å². The summed E-state index contributed by atoms with van der Waals surface area (Å²) in [5.74, 6) is 1.29. The van der Waals surface area contributed by atoms with Gasteiger partial charge in [0.25, 0.3) is 0 Å². The average Bonchev–Trinajstić information content (AvgIpc) is 3.37. The molecule has 5 rings (SSSR count). The summed E-state index contributed by atoms with van der Waals surface area (Å²) in [6, 6.07) is 25.1. The van der Waals surface area contributed by atoms with Crippen molar-refractivity contribution in [3.8, 4) is 28.1 Å². The molecular formula is C27H23N3OS. The van der Waals surface area contributed by atoms with Gasteiger partial charge >= 0.3 is 0 Å². The minimum Gasteiger partial charge on any atom is -0.489 e. The van der Waals surface area contributed by atoms with E-state index in [9.17, 15) is 0 Å². The number of ether oxygens (including phenoxy) is 1. The molecule has 0 atom stereocenters. The fourth-order valence-electron chi connectivity index (χ4n) is 3.75. The Morgan fingerprint density at radius 1 is 0.906 bits per heavy atom. The van der Waals surface area contributed by atoms with Crippen molar-refractivity contribution in [2.75, 3.05) is 0 Å². The second-order valence-electron chi connectivity index (χ2n) is 8.10. The minimum atomic E-state index is 0.445. The van der Waals surface area contributed by atoms with Gasteiger partial charge in [-0.1, -0.05) is 60.8 Å². The van der Waals surface area contributed by atoms with Crippen LogP contribution in [0.4, 0.5) is 0 Å². The number of hydrogen-bond acceptors (Lipinski definition) is 5. The molecule has 158 valence electrons. The van der Waals surface area contributed by atoms with Crippen molar-refractivity contribution >= 4 is 22.4 Å². The number of fused-ring (bicyclic) bond motifs is 1. The van der Waals surface area contributed by atoms with E-state index in [1.807, 2.05) is 29.8 Å². The number of rotatable bonds is 6. The number of aromatic nitrogens is 3. The molecule has 5 heteroatoms. The first kappa shape index (κ1) is 20.3. The van der Waals surface area contributed by atoms with Gasteiger partial charge in [-0.2, -0.15) is 0 Å². The van der Waals surface area contributed by atoms with Gasteiger partial charge in [0.15, 0.2) is 0 Å². The molecule has 32 heavy (non-hydrogen) atoms. The van der Waals surface area contributed by atoms with Gasteiger partial charge in [0.2, 0.25) is 0 Å². The SMILES string of the molecule is CC(C)c1cc(-c2cccc(OCc3ccc(-c4csnn4)cc3)c2)c2ncccc2c1. The molecule has 3 aromatic carbocycles. The number of hydrogen-bond donors (Lipinski definition) is 0. The highest BCUT2D eigenvalue weighted by Crippen LogP contribution is 2.33. The largest absolute Gasteiger partial charge is 0.489 e. The molecule has 0 spiro atoms. The molecule has 5 aromatic rings. The lowest BCUT2D eigenvalue weighted by Crippen LogP contribution is -1.96. The lowest BCUT2D eigenvalue weighted by molar-refractivity contribution is 0.306. The average molecular weight is 438 g/mol. The maximum absolute atomic E-state index is 6.13. The van der Waals surface area contributed by atoms with Crippen molar-refractivity contribution in [3.63, 3.8) is 0 Å². The second-order valence-corrected chi connectivity index (χ2v) is 8.71. The Kier molecular flexibility index (Phi) is 5.65. The molecule has 2 heterocycles. The molecule has 0 bridgehead atoms. The van der Waals surface area contributed by atoms with Crippen LogP contribution in [0.2, 0.25) is 0 Å². The lowest BCUT2D eigenvalue weighted by Gasteiger charge is -2.13. The Morgan fingerprint density at radius 2 is 1.78 bits per heavy atom. The monoisotopic (exact) mass is 437 g/mol. The minimum absolute atomic E-state index is 0.445. The van der Waals surface area contributed by atoms with Crippen LogP contribution in [0.1, 0.15) is 30.9 Å². The summed E-state index contributed by atoms with van der Waals surface area (Å²) in [5, 5.41) is 7.23. The van der Waals surface area contributed by atoms with Crippen molar-refractivity contribution in [2.45, 2.75) is 26.4 Å². The fourth-order valence-corrected chi connectivity index (χ4v) is 4.22. The van der Waals surface area contributed by atoms with Gasteiger partial charge < -0.3 is 4.74 Å². The van der Waals surface area contributed by atoms with Crippen LogP contribution in [0.5, 0.6) is 5.75 Å². The van der Waals surface area contributed by atoms with Gasteiger partial charge in [0.05, 0.1) is 5.52 Å². The number of pyridine rings is 1. The highest BCUT2D eigenvalue weighted by molar-refractivity contribution is 7.03. The van der Waals surface area contributed by atoms with Crippen molar-refractivity contribution in [2.24, 2.45) is 0 Å². The van der Waals surface area contributed by atoms with E-state index in [2.05, 4.69) is 83.0 Å². The van der Waals surface area contributed by atoms with E-state index in [0.29, 0.717) is 12.5 Å². The first-order valence-electron chi connectivity index (χ1n) is 10.7. The van der Waals surface area contributed by atoms with Crippen molar-refractivity contribution in [3.05, 3.63) is 95.5 Å². The molecule has 0 amide bonds. The number of nitrogens with zero attached hydrogens (tertiary/aromatic N) is 3. The Bertz CT molecular complexity index is 1350. The topological polar surface area (TPSA) is 47.9 Å². The van der Waals surface area contributed by atoms with E-state index in [0.717, 1.165) is 44.6 Å². The van der Waals surface area contributed by atoms with Crippen LogP contribution in [0.25, 0.3) is 33.3 Å². The molecule has 0 saturated carbocycles. The fraction of sp³-hybridized carbons (Fsp3) is 0.148. The van der Waals surface area contributed by atoms with Crippen LogP contribution < -0.4 is 4.74 Å². The summed E-state index contributed by atoms with van der Waals surface area (Å²) in [6.45, 7) is 4.94. The van der Waals surface area contributed by atoms with Gasteiger partial charge in [-0.15, -0.1) is 5.10 Å². The first-order chi connectivity index (χ1) is 15.7. The molecule has 0 saturated heterocycles. The third-order valence-corrected chi connectivity index (χ3v) is 6.06. The predicted molar refractivity (Wildman–Crippen MR) is 131 cm³/mol. The molecule has 2 aromatic heterocycles. The third-order valence-electron chi connectivity index (χ3n) is 5.55. The Labute approximate surface area is 191 Å². The van der Waals surface area contributed by atoms with Crippen LogP contribution in [0.15, 0.2) is 84.4 Å². The van der Waals surface area contributed by atoms with Crippen LogP contribution in [0, 0.1) is 0 Å². The normalized spacial score (nSPS) is 11.2. The standard InChI is InChI=1S/C27H23N3OS/c1-18(2)23-13-22-6-4-12-28-27(22)25(15-23)21-5-3-7-24(14-21)31-16-19-8-10-20(11-9-19)26-17-32-30-29-26/h3-15,17-18H,16H2,1-2H3. The molecule has 0 N–H and O–H groups in total. The van der Waals surface area contributed by atoms with E-state index >= 15 is 0 Å². The van der Waals surface area contributed by atoms with Crippen LogP contribution >= 0.6 is 11.5 Å². The van der Waals surface area contributed by atoms with Crippen LogP contribution in [-0.2, 0) is 6.61 Å². The predicted octanol–water partition coefficient (Wildman–Crippen LogP) is 7.12. The van der Waals surface area contributed by atoms with Crippen molar-refractivity contribution in [1.82, 2.24) is 14.6 Å². The molecule has 4 nitrogen and oxygen atoms in total. The zero-order chi connectivity index (χ0) is 21.9. The lowest BCUT2D eigenvalue weighted by atomic mass is 9.94. The third kappa shape index (κ3) is 4.25. The maximum atomic E-state index is 6.13. The van der Waals surface area contributed by atoms with Gasteiger partial charge in [-0.3, -0.25) is 4.98 Å². The van der Waals surface area contributed by atoms with Crippen LogP contribution in [0.3, 0.4) is 0 Å². The smallest absolute Gasteiger partial charge is 0.120 e. The summed E-state index contributed by atoms with van der Waals surface area (Å²) >= 11 is 1.36. The van der Waals surface area contributed by atoms with Gasteiger partial charge in [-0.25, -0.2) is 0 Å². The Morgan fingerprint density at radius 3 is 2.56 bits per heavy atom. The van der Waals surface area contributed by atoms with Crippen LogP contribution in [-0.4, -0.2) is 14.6 Å². The summed E-state index contributed by atoms with van der Waals surface area (Å²) in [7, 11) is 0. The maximum Gasteiger partial charge on any atom is 0.120 e. The Balaban J connectivity index is 1.39. The molecule has 0 aliphatic heterocycles. The van der Waals surface area contributed by atoms with Crippen molar-refractivity contribution in [1.29, 1.82) is 0 Å². The highest BCUT2D eigenvalue weighted by Gasteiger charge is 2.11. The molecule has 0 unspecified atom stereocenters. The zero-order valence-electron chi connectivity index (χ0n) is 18.0. The van der Waals surface area contributed by atoms with E-state index in [-0.39, 0.29) is 0 Å².